The number of hydrogen-bond donors (Lipinski definition) is 2. The van der Waals surface area contributed by atoms with Crippen molar-refractivity contribution in [3.05, 3.63) is 53.6 Å². The second-order valence-corrected chi connectivity index (χ2v) is 5.21. The van der Waals surface area contributed by atoms with Crippen LogP contribution in [0.5, 0.6) is 5.75 Å². The summed E-state index contributed by atoms with van der Waals surface area (Å²) in [5, 5.41) is 16.0. The summed E-state index contributed by atoms with van der Waals surface area (Å²) in [6.07, 6.45) is 3.71. The predicted molar refractivity (Wildman–Crippen MR) is 94.1 cm³/mol. The lowest BCUT2D eigenvalue weighted by atomic mass is 10.3. The van der Waals surface area contributed by atoms with E-state index in [1.54, 1.807) is 18.2 Å². The molecule has 24 heavy (non-hydrogen) atoms. The molecule has 0 aromatic heterocycles. The topological polar surface area (TPSA) is 87.1 Å². The van der Waals surface area contributed by atoms with Crippen LogP contribution < -0.4 is 4.74 Å². The molecule has 6 nitrogen and oxygen atoms in total. The van der Waals surface area contributed by atoms with Crippen LogP contribution in [-0.2, 0) is 9.59 Å². The summed E-state index contributed by atoms with van der Waals surface area (Å²) >= 11 is 11.9. The second-order valence-electron chi connectivity index (χ2n) is 4.37. The number of carbonyl (C=O) groups is 2. The van der Waals surface area contributed by atoms with Crippen LogP contribution in [0.3, 0.4) is 0 Å². The van der Waals surface area contributed by atoms with Gasteiger partial charge in [0.1, 0.15) is 12.4 Å². The molecule has 1 aromatic rings. The van der Waals surface area contributed by atoms with Crippen molar-refractivity contribution in [1.82, 2.24) is 4.90 Å². The molecule has 0 saturated heterocycles. The van der Waals surface area contributed by atoms with E-state index in [9.17, 15) is 0 Å². The van der Waals surface area contributed by atoms with Gasteiger partial charge in [-0.05, 0) is 12.1 Å². The highest BCUT2D eigenvalue weighted by atomic mass is 35.5. The quantitative estimate of drug-likeness (QED) is 0.535. The first kappa shape index (κ1) is 22.0. The maximum Gasteiger partial charge on any atom is 0.414 e. The lowest BCUT2D eigenvalue weighted by Gasteiger charge is -2.19. The maximum atomic E-state index is 9.10. The van der Waals surface area contributed by atoms with Crippen molar-refractivity contribution < 1.29 is 24.5 Å². The van der Waals surface area contributed by atoms with Gasteiger partial charge >= 0.3 is 11.9 Å². The van der Waals surface area contributed by atoms with Crippen molar-refractivity contribution in [2.24, 2.45) is 0 Å². The lowest BCUT2D eigenvalue weighted by Crippen LogP contribution is -2.28. The largest absolute Gasteiger partial charge is 0.491 e. The molecule has 132 valence electrons. The van der Waals surface area contributed by atoms with Gasteiger partial charge in [-0.25, -0.2) is 9.59 Å². The number of carboxylic acids is 2. The number of rotatable bonds is 8. The summed E-state index contributed by atoms with van der Waals surface area (Å²) in [5.41, 5.74) is 0. The van der Waals surface area contributed by atoms with Crippen LogP contribution in [0.25, 0.3) is 0 Å². The fraction of sp³-hybridized carbons (Fsp3) is 0.250. The average Bonchev–Trinajstić information content (AvgIpc) is 2.51. The van der Waals surface area contributed by atoms with E-state index in [4.69, 9.17) is 47.7 Å². The molecule has 0 aliphatic rings. The van der Waals surface area contributed by atoms with Crippen molar-refractivity contribution in [2.75, 3.05) is 26.2 Å². The minimum absolute atomic E-state index is 0.543. The van der Waals surface area contributed by atoms with Gasteiger partial charge in [-0.15, -0.1) is 13.2 Å². The van der Waals surface area contributed by atoms with Gasteiger partial charge in [0.15, 0.2) is 0 Å². The SMILES string of the molecule is C=CCN(CC=C)CCOc1cc(Cl)ccc1Cl.O=C(O)C(=O)O. The van der Waals surface area contributed by atoms with Gasteiger partial charge in [0.05, 0.1) is 5.02 Å². The monoisotopic (exact) mass is 375 g/mol. The first-order valence-corrected chi connectivity index (χ1v) is 7.55. The van der Waals surface area contributed by atoms with Crippen LogP contribution in [0.2, 0.25) is 10.0 Å². The maximum absolute atomic E-state index is 9.10. The molecule has 1 rings (SSSR count). The number of carboxylic acid groups (broad SMARTS) is 2. The third-order valence-corrected chi connectivity index (χ3v) is 3.06. The van der Waals surface area contributed by atoms with Gasteiger partial charge in [-0.2, -0.15) is 0 Å². The zero-order valence-electron chi connectivity index (χ0n) is 13.0. The van der Waals surface area contributed by atoms with E-state index in [-0.39, 0.29) is 0 Å². The normalized spacial score (nSPS) is 9.62. The highest BCUT2D eigenvalue weighted by molar-refractivity contribution is 6.34. The number of aliphatic carboxylic acids is 2. The van der Waals surface area contributed by atoms with Crippen LogP contribution in [0.15, 0.2) is 43.5 Å². The Morgan fingerprint density at radius 2 is 1.67 bits per heavy atom. The Bertz CT molecular complexity index is 556. The molecule has 0 heterocycles. The average molecular weight is 376 g/mol. The molecule has 0 radical (unpaired) electrons. The summed E-state index contributed by atoms with van der Waals surface area (Å²) in [5.74, 6) is -3.04. The van der Waals surface area contributed by atoms with Crippen LogP contribution in [-0.4, -0.2) is 53.3 Å². The van der Waals surface area contributed by atoms with Crippen molar-refractivity contribution in [1.29, 1.82) is 0 Å². The highest BCUT2D eigenvalue weighted by Gasteiger charge is 2.05. The molecule has 8 heteroatoms. The van der Waals surface area contributed by atoms with Crippen LogP contribution in [0.1, 0.15) is 0 Å². The first-order valence-electron chi connectivity index (χ1n) is 6.80. The zero-order chi connectivity index (χ0) is 18.5. The van der Waals surface area contributed by atoms with Crippen molar-refractivity contribution in [2.45, 2.75) is 0 Å². The predicted octanol–water partition coefficient (Wildman–Crippen LogP) is 3.20. The Morgan fingerprint density at radius 1 is 1.12 bits per heavy atom. The first-order chi connectivity index (χ1) is 11.3. The molecule has 0 amide bonds. The molecule has 0 fully saturated rings. The molecule has 0 atom stereocenters. The molecular weight excluding hydrogens is 357 g/mol. The summed E-state index contributed by atoms with van der Waals surface area (Å²) in [7, 11) is 0. The molecule has 0 unspecified atom stereocenters. The standard InChI is InChI=1S/C14H17Cl2NO.C2H2O4/c1-3-7-17(8-4-2)9-10-18-14-11-12(15)5-6-13(14)16;3-1(4)2(5)6/h3-6,11H,1-2,7-10H2;(H,3,4)(H,5,6). The third kappa shape index (κ3) is 9.89. The van der Waals surface area contributed by atoms with Crippen molar-refractivity contribution in [3.63, 3.8) is 0 Å². The second kappa shape index (κ2) is 12.4. The third-order valence-electron chi connectivity index (χ3n) is 2.52. The summed E-state index contributed by atoms with van der Waals surface area (Å²) < 4.78 is 5.61. The molecule has 2 N–H and O–H groups in total. The fourth-order valence-corrected chi connectivity index (χ4v) is 1.83. The van der Waals surface area contributed by atoms with Gasteiger partial charge in [-0.1, -0.05) is 35.4 Å². The van der Waals surface area contributed by atoms with E-state index >= 15 is 0 Å². The summed E-state index contributed by atoms with van der Waals surface area (Å²) in [6.45, 7) is 10.4. The minimum atomic E-state index is -1.82. The van der Waals surface area contributed by atoms with Crippen LogP contribution >= 0.6 is 23.2 Å². The van der Waals surface area contributed by atoms with Crippen molar-refractivity contribution >= 4 is 35.1 Å². The Hall–Kier alpha value is -2.02. The van der Waals surface area contributed by atoms with Crippen LogP contribution in [0, 0.1) is 0 Å². The molecular formula is C16H19Cl2NO5. The molecule has 0 bridgehead atoms. The summed E-state index contributed by atoms with van der Waals surface area (Å²) in [4.78, 5) is 20.4. The van der Waals surface area contributed by atoms with Gasteiger partial charge in [0.2, 0.25) is 0 Å². The van der Waals surface area contributed by atoms with E-state index in [0.717, 1.165) is 19.6 Å². The van der Waals surface area contributed by atoms with Gasteiger partial charge < -0.3 is 14.9 Å². The van der Waals surface area contributed by atoms with Gasteiger partial charge in [0, 0.05) is 30.7 Å². The van der Waals surface area contributed by atoms with E-state index in [2.05, 4.69) is 18.1 Å². The van der Waals surface area contributed by atoms with E-state index in [1.807, 2.05) is 12.2 Å². The number of benzene rings is 1. The smallest absolute Gasteiger partial charge is 0.414 e. The zero-order valence-corrected chi connectivity index (χ0v) is 14.5. The molecule has 0 spiro atoms. The Kier molecular flexibility index (Phi) is 11.4. The minimum Gasteiger partial charge on any atom is -0.491 e. The molecule has 0 aliphatic carbocycles. The Labute approximate surface area is 150 Å². The van der Waals surface area contributed by atoms with E-state index in [1.165, 1.54) is 0 Å². The molecule has 0 aliphatic heterocycles. The number of hydrogen-bond acceptors (Lipinski definition) is 4. The highest BCUT2D eigenvalue weighted by Crippen LogP contribution is 2.27. The Morgan fingerprint density at radius 3 is 2.12 bits per heavy atom. The number of halogens is 2. The number of nitrogens with zero attached hydrogens (tertiary/aromatic N) is 1. The van der Waals surface area contributed by atoms with E-state index < -0.39 is 11.9 Å². The van der Waals surface area contributed by atoms with Gasteiger partial charge in [0.25, 0.3) is 0 Å². The van der Waals surface area contributed by atoms with Crippen LogP contribution in [0.4, 0.5) is 0 Å². The summed E-state index contributed by atoms with van der Waals surface area (Å²) in [6, 6.07) is 5.18. The Balaban J connectivity index is 0.000000754. The molecule has 0 saturated carbocycles. The van der Waals surface area contributed by atoms with E-state index in [0.29, 0.717) is 22.4 Å². The molecule has 1 aromatic carbocycles. The fourth-order valence-electron chi connectivity index (χ4n) is 1.49. The van der Waals surface area contributed by atoms with Gasteiger partial charge in [-0.3, -0.25) is 4.90 Å². The lowest BCUT2D eigenvalue weighted by molar-refractivity contribution is -0.159. The van der Waals surface area contributed by atoms with Crippen molar-refractivity contribution in [3.8, 4) is 5.75 Å². The number of ether oxygens (including phenoxy) is 1.